The molecule has 0 bridgehead atoms. The predicted molar refractivity (Wildman–Crippen MR) is 67.7 cm³/mol. The lowest BCUT2D eigenvalue weighted by Gasteiger charge is -2.34. The number of aliphatic hydroxyl groups is 1. The molecule has 0 aromatic carbocycles. The van der Waals surface area contributed by atoms with Gasteiger partial charge in [-0.15, -0.1) is 10.2 Å². The van der Waals surface area contributed by atoms with Crippen LogP contribution in [0.3, 0.4) is 0 Å². The number of aromatic nitrogens is 2. The highest BCUT2D eigenvalue weighted by Crippen LogP contribution is 2.22. The van der Waals surface area contributed by atoms with E-state index in [1.165, 1.54) is 6.07 Å². The first-order chi connectivity index (χ1) is 8.49. The van der Waals surface area contributed by atoms with Crippen molar-refractivity contribution in [2.45, 2.75) is 19.4 Å². The molecule has 0 aliphatic carbocycles. The van der Waals surface area contributed by atoms with Gasteiger partial charge in [-0.3, -0.25) is 4.79 Å². The van der Waals surface area contributed by atoms with Gasteiger partial charge in [0.15, 0.2) is 10.3 Å². The van der Waals surface area contributed by atoms with Gasteiger partial charge in [-0.1, -0.05) is 30.1 Å². The van der Waals surface area contributed by atoms with Gasteiger partial charge >= 0.3 is 0 Å². The number of nitrogens with zero attached hydrogens (tertiary/aromatic N) is 3. The van der Waals surface area contributed by atoms with E-state index in [9.17, 15) is 9.90 Å². The lowest BCUT2D eigenvalue weighted by Crippen LogP contribution is -2.45. The first-order valence-corrected chi connectivity index (χ1v) is 6.40. The molecular formula is C11H13Cl2N3O2. The van der Waals surface area contributed by atoms with Crippen LogP contribution in [0.1, 0.15) is 23.7 Å². The quantitative estimate of drug-likeness (QED) is 0.853. The second-order valence-electron chi connectivity index (χ2n) is 4.46. The van der Waals surface area contributed by atoms with E-state index in [1.807, 2.05) is 6.92 Å². The maximum atomic E-state index is 12.3. The summed E-state index contributed by atoms with van der Waals surface area (Å²) in [7, 11) is 0. The van der Waals surface area contributed by atoms with E-state index in [-0.39, 0.29) is 33.8 Å². The summed E-state index contributed by atoms with van der Waals surface area (Å²) < 4.78 is 0. The SMILES string of the molecule is CC1CN(C(=O)c2cc(Cl)nnc2Cl)CCC1O. The summed E-state index contributed by atoms with van der Waals surface area (Å²) in [5.74, 6) is -0.178. The third kappa shape index (κ3) is 2.74. The average Bonchev–Trinajstić information content (AvgIpc) is 2.35. The molecule has 98 valence electrons. The van der Waals surface area contributed by atoms with E-state index in [0.717, 1.165) is 0 Å². The van der Waals surface area contributed by atoms with Crippen molar-refractivity contribution in [3.63, 3.8) is 0 Å². The standard InChI is InChI=1S/C11H13Cl2N3O2/c1-6-5-16(3-2-8(6)17)11(18)7-4-9(12)14-15-10(7)13/h4,6,8,17H,2-3,5H2,1H3. The Morgan fingerprint density at radius 1 is 1.50 bits per heavy atom. The molecule has 1 aromatic rings. The number of hydrogen-bond acceptors (Lipinski definition) is 4. The molecule has 2 heterocycles. The Hall–Kier alpha value is -0.910. The normalized spacial score (nSPS) is 24.1. The molecule has 5 nitrogen and oxygen atoms in total. The highest BCUT2D eigenvalue weighted by atomic mass is 35.5. The molecule has 7 heteroatoms. The second-order valence-corrected chi connectivity index (χ2v) is 5.20. The molecule has 0 spiro atoms. The Kier molecular flexibility index (Phi) is 4.04. The Bertz CT molecular complexity index is 470. The Morgan fingerprint density at radius 3 is 2.89 bits per heavy atom. The van der Waals surface area contributed by atoms with Crippen molar-refractivity contribution in [1.82, 2.24) is 15.1 Å². The maximum absolute atomic E-state index is 12.3. The number of carbonyl (C=O) groups is 1. The van der Waals surface area contributed by atoms with Crippen LogP contribution >= 0.6 is 23.2 Å². The van der Waals surface area contributed by atoms with Gasteiger partial charge in [0, 0.05) is 13.1 Å². The minimum absolute atomic E-state index is 0.0446. The molecule has 0 radical (unpaired) electrons. The van der Waals surface area contributed by atoms with Gasteiger partial charge in [0.2, 0.25) is 0 Å². The zero-order valence-corrected chi connectivity index (χ0v) is 11.3. The van der Waals surface area contributed by atoms with Crippen LogP contribution in [0.4, 0.5) is 0 Å². The van der Waals surface area contributed by atoms with Crippen LogP contribution < -0.4 is 0 Å². The smallest absolute Gasteiger partial charge is 0.257 e. The van der Waals surface area contributed by atoms with E-state index in [0.29, 0.717) is 19.5 Å². The first kappa shape index (κ1) is 13.5. The van der Waals surface area contributed by atoms with Crippen LogP contribution in [0.5, 0.6) is 0 Å². The topological polar surface area (TPSA) is 66.3 Å². The molecule has 1 fully saturated rings. The van der Waals surface area contributed by atoms with Crippen molar-refractivity contribution < 1.29 is 9.90 Å². The van der Waals surface area contributed by atoms with Crippen LogP contribution in [0.2, 0.25) is 10.3 Å². The van der Waals surface area contributed by atoms with Crippen molar-refractivity contribution in [3.8, 4) is 0 Å². The van der Waals surface area contributed by atoms with Crippen LogP contribution in [-0.4, -0.2) is 45.3 Å². The fourth-order valence-electron chi connectivity index (χ4n) is 1.99. The number of rotatable bonds is 1. The highest BCUT2D eigenvalue weighted by molar-refractivity contribution is 6.34. The summed E-state index contributed by atoms with van der Waals surface area (Å²) in [5, 5.41) is 17.0. The molecule has 18 heavy (non-hydrogen) atoms. The molecular weight excluding hydrogens is 277 g/mol. The monoisotopic (exact) mass is 289 g/mol. The predicted octanol–water partition coefficient (Wildman–Crippen LogP) is 1.63. The summed E-state index contributed by atoms with van der Waals surface area (Å²) in [6, 6.07) is 1.41. The molecule has 1 aliphatic heterocycles. The molecule has 2 unspecified atom stereocenters. The van der Waals surface area contributed by atoms with E-state index in [2.05, 4.69) is 10.2 Å². The number of amides is 1. The van der Waals surface area contributed by atoms with E-state index < -0.39 is 0 Å². The third-order valence-electron chi connectivity index (χ3n) is 3.10. The summed E-state index contributed by atoms with van der Waals surface area (Å²) >= 11 is 11.6. The minimum Gasteiger partial charge on any atom is -0.393 e. The summed E-state index contributed by atoms with van der Waals surface area (Å²) in [4.78, 5) is 13.9. The molecule has 1 N–H and O–H groups in total. The van der Waals surface area contributed by atoms with Gasteiger partial charge in [-0.05, 0) is 18.4 Å². The molecule has 1 aromatic heterocycles. The Balaban J connectivity index is 2.19. The third-order valence-corrected chi connectivity index (χ3v) is 3.56. The van der Waals surface area contributed by atoms with Crippen molar-refractivity contribution in [2.24, 2.45) is 5.92 Å². The van der Waals surface area contributed by atoms with E-state index in [4.69, 9.17) is 23.2 Å². The molecule has 0 saturated carbocycles. The Labute approximate surface area is 115 Å². The van der Waals surface area contributed by atoms with Gasteiger partial charge < -0.3 is 10.0 Å². The maximum Gasteiger partial charge on any atom is 0.257 e. The zero-order valence-electron chi connectivity index (χ0n) is 9.81. The van der Waals surface area contributed by atoms with Crippen LogP contribution in [0.25, 0.3) is 0 Å². The number of halogens is 2. The molecule has 2 rings (SSSR count). The summed E-state index contributed by atoms with van der Waals surface area (Å²) in [5.41, 5.74) is 0.250. The van der Waals surface area contributed by atoms with Gasteiger partial charge in [0.1, 0.15) is 0 Å². The number of carbonyl (C=O) groups excluding carboxylic acids is 1. The van der Waals surface area contributed by atoms with Gasteiger partial charge in [-0.2, -0.15) is 0 Å². The summed E-state index contributed by atoms with van der Waals surface area (Å²) in [6.07, 6.45) is 0.209. The molecule has 1 aliphatic rings. The molecule has 1 saturated heterocycles. The van der Waals surface area contributed by atoms with Crippen molar-refractivity contribution in [1.29, 1.82) is 0 Å². The zero-order chi connectivity index (χ0) is 13.3. The lowest BCUT2D eigenvalue weighted by molar-refractivity contribution is 0.0297. The average molecular weight is 290 g/mol. The fourth-order valence-corrected chi connectivity index (χ4v) is 2.31. The fraction of sp³-hybridized carbons (Fsp3) is 0.545. The van der Waals surface area contributed by atoms with Crippen LogP contribution in [-0.2, 0) is 0 Å². The highest BCUT2D eigenvalue weighted by Gasteiger charge is 2.29. The van der Waals surface area contributed by atoms with Gasteiger partial charge in [0.05, 0.1) is 11.7 Å². The van der Waals surface area contributed by atoms with Crippen LogP contribution in [0.15, 0.2) is 6.07 Å². The lowest BCUT2D eigenvalue weighted by atomic mass is 9.96. The van der Waals surface area contributed by atoms with Crippen molar-refractivity contribution in [2.75, 3.05) is 13.1 Å². The van der Waals surface area contributed by atoms with Gasteiger partial charge in [0.25, 0.3) is 5.91 Å². The molecule has 1 amide bonds. The van der Waals surface area contributed by atoms with Crippen molar-refractivity contribution in [3.05, 3.63) is 21.9 Å². The number of aliphatic hydroxyl groups excluding tert-OH is 1. The van der Waals surface area contributed by atoms with E-state index in [1.54, 1.807) is 4.90 Å². The van der Waals surface area contributed by atoms with Crippen LogP contribution in [0, 0.1) is 5.92 Å². The number of piperidine rings is 1. The molecule has 2 atom stereocenters. The second kappa shape index (κ2) is 5.38. The number of likely N-dealkylation sites (tertiary alicyclic amines) is 1. The van der Waals surface area contributed by atoms with Gasteiger partial charge in [-0.25, -0.2) is 0 Å². The Morgan fingerprint density at radius 2 is 2.22 bits per heavy atom. The largest absolute Gasteiger partial charge is 0.393 e. The van der Waals surface area contributed by atoms with E-state index >= 15 is 0 Å². The minimum atomic E-state index is -0.358. The summed E-state index contributed by atoms with van der Waals surface area (Å²) in [6.45, 7) is 2.90. The number of hydrogen-bond donors (Lipinski definition) is 1. The van der Waals surface area contributed by atoms with Crippen molar-refractivity contribution >= 4 is 29.1 Å². The first-order valence-electron chi connectivity index (χ1n) is 5.65.